The molecule has 0 amide bonds. The fourth-order valence-corrected chi connectivity index (χ4v) is 1.83. The van der Waals surface area contributed by atoms with Gasteiger partial charge in [0, 0.05) is 10.9 Å². The first-order chi connectivity index (χ1) is 7.58. The number of fused-ring (bicyclic) bond motifs is 1. The third-order valence-corrected chi connectivity index (χ3v) is 2.65. The average Bonchev–Trinajstić information content (AvgIpc) is 2.59. The summed E-state index contributed by atoms with van der Waals surface area (Å²) in [6.45, 7) is 4.18. The highest BCUT2D eigenvalue weighted by Crippen LogP contribution is 2.28. The molecule has 2 rings (SSSR count). The van der Waals surface area contributed by atoms with Crippen molar-refractivity contribution in [2.75, 3.05) is 0 Å². The molecule has 1 N–H and O–H groups in total. The summed E-state index contributed by atoms with van der Waals surface area (Å²) in [6.07, 6.45) is 1.80. The molecule has 3 heteroatoms. The molecule has 16 heavy (non-hydrogen) atoms. The minimum Gasteiger partial charge on any atom is -0.481 e. The summed E-state index contributed by atoms with van der Waals surface area (Å²) in [4.78, 5) is 10.6. The lowest BCUT2D eigenvalue weighted by Gasteiger charge is -2.02. The maximum absolute atomic E-state index is 10.6. The van der Waals surface area contributed by atoms with Gasteiger partial charge >= 0.3 is 5.97 Å². The highest BCUT2D eigenvalue weighted by molar-refractivity contribution is 5.83. The molecule has 0 aliphatic rings. The number of aliphatic carboxylic acids is 1. The molecule has 1 aromatic heterocycles. The van der Waals surface area contributed by atoms with Crippen molar-refractivity contribution in [3.8, 4) is 0 Å². The van der Waals surface area contributed by atoms with E-state index in [1.165, 1.54) is 0 Å². The summed E-state index contributed by atoms with van der Waals surface area (Å²) >= 11 is 0. The molecule has 0 saturated carbocycles. The smallest absolute Gasteiger partial charge is 0.307 e. The number of carbonyl (C=O) groups is 1. The van der Waals surface area contributed by atoms with Crippen molar-refractivity contribution >= 4 is 16.9 Å². The number of furan rings is 1. The Bertz CT molecular complexity index is 523. The van der Waals surface area contributed by atoms with Crippen LogP contribution in [0.4, 0.5) is 0 Å². The molecular formula is C13H14O3. The van der Waals surface area contributed by atoms with E-state index in [0.717, 1.165) is 22.1 Å². The summed E-state index contributed by atoms with van der Waals surface area (Å²) in [5.74, 6) is -0.435. The van der Waals surface area contributed by atoms with Gasteiger partial charge in [0.15, 0.2) is 0 Å². The molecule has 0 spiro atoms. The Morgan fingerprint density at radius 1 is 1.44 bits per heavy atom. The van der Waals surface area contributed by atoms with Gasteiger partial charge in [0.25, 0.3) is 0 Å². The highest BCUT2D eigenvalue weighted by atomic mass is 16.4. The second-order valence-corrected chi connectivity index (χ2v) is 4.25. The van der Waals surface area contributed by atoms with Crippen LogP contribution in [-0.4, -0.2) is 11.1 Å². The fourth-order valence-electron chi connectivity index (χ4n) is 1.83. The van der Waals surface area contributed by atoms with Crippen molar-refractivity contribution in [2.45, 2.75) is 26.2 Å². The molecule has 0 aliphatic carbocycles. The number of carboxylic acids is 1. The van der Waals surface area contributed by atoms with Crippen LogP contribution in [0, 0.1) is 0 Å². The standard InChI is InChI=1S/C13H14O3/c1-8(2)11-7-16-12-4-3-9(5-10(11)12)6-13(14)15/h3-5,7-8H,6H2,1-2H3,(H,14,15). The number of benzene rings is 1. The lowest BCUT2D eigenvalue weighted by Crippen LogP contribution is -1.99. The van der Waals surface area contributed by atoms with E-state index < -0.39 is 5.97 Å². The van der Waals surface area contributed by atoms with Gasteiger partial charge in [-0.3, -0.25) is 4.79 Å². The van der Waals surface area contributed by atoms with Gasteiger partial charge in [0.2, 0.25) is 0 Å². The molecule has 84 valence electrons. The van der Waals surface area contributed by atoms with E-state index in [-0.39, 0.29) is 6.42 Å². The Kier molecular flexibility index (Phi) is 2.69. The van der Waals surface area contributed by atoms with Crippen LogP contribution in [0.3, 0.4) is 0 Å². The number of hydrogen-bond acceptors (Lipinski definition) is 2. The summed E-state index contributed by atoms with van der Waals surface area (Å²) in [6, 6.07) is 5.53. The zero-order chi connectivity index (χ0) is 11.7. The number of rotatable bonds is 3. The average molecular weight is 218 g/mol. The molecule has 1 heterocycles. The molecule has 0 saturated heterocycles. The number of hydrogen-bond donors (Lipinski definition) is 1. The van der Waals surface area contributed by atoms with Crippen LogP contribution >= 0.6 is 0 Å². The topological polar surface area (TPSA) is 50.4 Å². The van der Waals surface area contributed by atoms with Crippen LogP contribution < -0.4 is 0 Å². The largest absolute Gasteiger partial charge is 0.481 e. The van der Waals surface area contributed by atoms with E-state index in [1.54, 1.807) is 12.3 Å². The van der Waals surface area contributed by atoms with Crippen molar-refractivity contribution < 1.29 is 14.3 Å². The molecule has 1 aromatic carbocycles. The predicted octanol–water partition coefficient (Wildman–Crippen LogP) is 3.18. The normalized spacial score (nSPS) is 11.2. The monoisotopic (exact) mass is 218 g/mol. The van der Waals surface area contributed by atoms with Crippen molar-refractivity contribution in [3.05, 3.63) is 35.6 Å². The van der Waals surface area contributed by atoms with Gasteiger partial charge in [-0.05, 0) is 23.6 Å². The molecule has 0 fully saturated rings. The quantitative estimate of drug-likeness (QED) is 0.860. The van der Waals surface area contributed by atoms with Gasteiger partial charge in [0.1, 0.15) is 5.58 Å². The fraction of sp³-hybridized carbons (Fsp3) is 0.308. The minimum atomic E-state index is -0.811. The van der Waals surface area contributed by atoms with Crippen molar-refractivity contribution in [1.29, 1.82) is 0 Å². The lowest BCUT2D eigenvalue weighted by molar-refractivity contribution is -0.136. The van der Waals surface area contributed by atoms with Crippen molar-refractivity contribution in [1.82, 2.24) is 0 Å². The SMILES string of the molecule is CC(C)c1coc2ccc(CC(=O)O)cc12. The van der Waals surface area contributed by atoms with Gasteiger partial charge in [-0.2, -0.15) is 0 Å². The maximum Gasteiger partial charge on any atom is 0.307 e. The van der Waals surface area contributed by atoms with Gasteiger partial charge < -0.3 is 9.52 Å². The van der Waals surface area contributed by atoms with Gasteiger partial charge in [-0.25, -0.2) is 0 Å². The van der Waals surface area contributed by atoms with Crippen LogP contribution in [0.1, 0.15) is 30.9 Å². The van der Waals surface area contributed by atoms with E-state index >= 15 is 0 Å². The van der Waals surface area contributed by atoms with Gasteiger partial charge in [-0.15, -0.1) is 0 Å². The van der Waals surface area contributed by atoms with Gasteiger partial charge in [-0.1, -0.05) is 19.9 Å². The summed E-state index contributed by atoms with van der Waals surface area (Å²) in [7, 11) is 0. The second-order valence-electron chi connectivity index (χ2n) is 4.25. The molecule has 0 radical (unpaired) electrons. The van der Waals surface area contributed by atoms with Crippen LogP contribution in [0.25, 0.3) is 11.0 Å². The first-order valence-electron chi connectivity index (χ1n) is 5.29. The molecule has 0 atom stereocenters. The van der Waals surface area contributed by atoms with Crippen LogP contribution in [0.15, 0.2) is 28.9 Å². The van der Waals surface area contributed by atoms with E-state index in [9.17, 15) is 4.79 Å². The van der Waals surface area contributed by atoms with E-state index in [0.29, 0.717) is 5.92 Å². The first kappa shape index (κ1) is 10.7. The maximum atomic E-state index is 10.6. The Labute approximate surface area is 93.7 Å². The van der Waals surface area contributed by atoms with Crippen LogP contribution in [0.2, 0.25) is 0 Å². The third-order valence-electron chi connectivity index (χ3n) is 2.65. The molecular weight excluding hydrogens is 204 g/mol. The first-order valence-corrected chi connectivity index (χ1v) is 5.29. The second kappa shape index (κ2) is 4.00. The highest BCUT2D eigenvalue weighted by Gasteiger charge is 2.10. The zero-order valence-electron chi connectivity index (χ0n) is 9.36. The lowest BCUT2D eigenvalue weighted by atomic mass is 10.0. The third kappa shape index (κ3) is 1.94. The molecule has 0 bridgehead atoms. The molecule has 3 nitrogen and oxygen atoms in total. The Morgan fingerprint density at radius 2 is 2.19 bits per heavy atom. The van der Waals surface area contributed by atoms with E-state index in [1.807, 2.05) is 12.1 Å². The molecule has 0 unspecified atom stereocenters. The molecule has 2 aromatic rings. The van der Waals surface area contributed by atoms with E-state index in [4.69, 9.17) is 9.52 Å². The van der Waals surface area contributed by atoms with Crippen molar-refractivity contribution in [3.63, 3.8) is 0 Å². The summed E-state index contributed by atoms with van der Waals surface area (Å²) in [5, 5.41) is 9.77. The van der Waals surface area contributed by atoms with Crippen molar-refractivity contribution in [2.24, 2.45) is 0 Å². The zero-order valence-corrected chi connectivity index (χ0v) is 9.36. The predicted molar refractivity (Wildman–Crippen MR) is 61.6 cm³/mol. The molecule has 0 aliphatic heterocycles. The minimum absolute atomic E-state index is 0.0542. The number of carboxylic acid groups (broad SMARTS) is 1. The van der Waals surface area contributed by atoms with Crippen LogP contribution in [0.5, 0.6) is 0 Å². The summed E-state index contributed by atoms with van der Waals surface area (Å²) in [5.41, 5.74) is 2.75. The Morgan fingerprint density at radius 3 is 2.81 bits per heavy atom. The Hall–Kier alpha value is -1.77. The Balaban J connectivity index is 2.50. The van der Waals surface area contributed by atoms with E-state index in [2.05, 4.69) is 13.8 Å². The van der Waals surface area contributed by atoms with Gasteiger partial charge in [0.05, 0.1) is 12.7 Å². The van der Waals surface area contributed by atoms with Crippen LogP contribution in [-0.2, 0) is 11.2 Å². The summed E-state index contributed by atoms with van der Waals surface area (Å²) < 4.78 is 5.42.